The van der Waals surface area contributed by atoms with Gasteiger partial charge in [0.05, 0.1) is 18.0 Å². The van der Waals surface area contributed by atoms with Crippen LogP contribution in [0.15, 0.2) is 24.3 Å². The monoisotopic (exact) mass is 378 g/mol. The van der Waals surface area contributed by atoms with Crippen LogP contribution in [0.25, 0.3) is 0 Å². The summed E-state index contributed by atoms with van der Waals surface area (Å²) in [6, 6.07) is 8.39. The predicted octanol–water partition coefficient (Wildman–Crippen LogP) is 3.23. The maximum atomic E-state index is 12.0. The molecule has 2 heterocycles. The molecule has 6 heteroatoms. The average molecular weight is 379 g/mol. The zero-order valence-electron chi connectivity index (χ0n) is 15.4. The van der Waals surface area contributed by atoms with Crippen LogP contribution in [0.5, 0.6) is 5.75 Å². The van der Waals surface area contributed by atoms with E-state index in [1.54, 1.807) is 0 Å². The summed E-state index contributed by atoms with van der Waals surface area (Å²) in [5, 5.41) is 0. The van der Waals surface area contributed by atoms with E-state index in [-0.39, 0.29) is 17.8 Å². The van der Waals surface area contributed by atoms with Gasteiger partial charge in [0.1, 0.15) is 5.75 Å². The molecule has 3 aliphatic rings. The zero-order chi connectivity index (χ0) is 18.0. The first-order chi connectivity index (χ1) is 12.6. The first kappa shape index (κ1) is 18.3. The van der Waals surface area contributed by atoms with E-state index < -0.39 is 10.0 Å². The van der Waals surface area contributed by atoms with Crippen LogP contribution in [0.1, 0.15) is 62.8 Å². The van der Waals surface area contributed by atoms with Gasteiger partial charge in [-0.1, -0.05) is 25.0 Å². The molecule has 0 bridgehead atoms. The van der Waals surface area contributed by atoms with Crippen LogP contribution < -0.4 is 9.46 Å². The topological polar surface area (TPSA) is 58.6 Å². The molecule has 2 unspecified atom stereocenters. The molecule has 2 saturated heterocycles. The number of piperidine rings is 1. The summed E-state index contributed by atoms with van der Waals surface area (Å²) >= 11 is 0. The molecule has 2 aliphatic heterocycles. The van der Waals surface area contributed by atoms with Gasteiger partial charge in [0.15, 0.2) is 0 Å². The third-order valence-electron chi connectivity index (χ3n) is 6.10. The van der Waals surface area contributed by atoms with Crippen LogP contribution in [0, 0.1) is 0 Å². The molecule has 1 N–H and O–H groups in total. The van der Waals surface area contributed by atoms with Gasteiger partial charge in [0.25, 0.3) is 0 Å². The first-order valence-corrected chi connectivity index (χ1v) is 11.8. The molecule has 2 atom stereocenters. The summed E-state index contributed by atoms with van der Waals surface area (Å²) < 4.78 is 33.1. The molecule has 144 valence electrons. The Morgan fingerprint density at radius 1 is 0.923 bits per heavy atom. The summed E-state index contributed by atoms with van der Waals surface area (Å²) in [6.45, 7) is 1.62. The largest absolute Gasteiger partial charge is 0.490 e. The minimum absolute atomic E-state index is 0.101. The van der Waals surface area contributed by atoms with Gasteiger partial charge in [-0.15, -0.1) is 0 Å². The molecule has 1 aliphatic carbocycles. The Bertz CT molecular complexity index is 696. The van der Waals surface area contributed by atoms with Crippen LogP contribution in [0.4, 0.5) is 0 Å². The molecule has 5 nitrogen and oxygen atoms in total. The van der Waals surface area contributed by atoms with Crippen molar-refractivity contribution in [1.29, 1.82) is 0 Å². The number of nitrogens with zero attached hydrogens (tertiary/aromatic N) is 1. The lowest BCUT2D eigenvalue weighted by atomic mass is 9.87. The van der Waals surface area contributed by atoms with Crippen molar-refractivity contribution < 1.29 is 13.2 Å². The third-order valence-corrected chi connectivity index (χ3v) is 7.42. The quantitative estimate of drug-likeness (QED) is 0.821. The van der Waals surface area contributed by atoms with Crippen molar-refractivity contribution in [3.63, 3.8) is 0 Å². The molecule has 1 aromatic rings. The normalized spacial score (nSPS) is 30.3. The van der Waals surface area contributed by atoms with Crippen LogP contribution in [-0.4, -0.2) is 44.4 Å². The van der Waals surface area contributed by atoms with E-state index >= 15 is 0 Å². The van der Waals surface area contributed by atoms with E-state index in [1.807, 2.05) is 0 Å². The van der Waals surface area contributed by atoms with Gasteiger partial charge in [-0.05, 0) is 62.8 Å². The summed E-state index contributed by atoms with van der Waals surface area (Å²) in [6.07, 6.45) is 9.88. The number of nitrogens with one attached hydrogen (secondary N) is 1. The van der Waals surface area contributed by atoms with Crippen LogP contribution in [-0.2, 0) is 10.0 Å². The average Bonchev–Trinajstić information content (AvgIpc) is 2.90. The lowest BCUT2D eigenvalue weighted by Crippen LogP contribution is -2.60. The second-order valence-corrected chi connectivity index (χ2v) is 9.84. The molecule has 26 heavy (non-hydrogen) atoms. The number of rotatable bonds is 3. The van der Waals surface area contributed by atoms with Crippen molar-refractivity contribution in [1.82, 2.24) is 9.62 Å². The molecule has 0 aromatic heterocycles. The second-order valence-electron chi connectivity index (χ2n) is 7.97. The number of hydrogen-bond acceptors (Lipinski definition) is 4. The lowest BCUT2D eigenvalue weighted by Gasteiger charge is -2.44. The molecular weight excluding hydrogens is 348 g/mol. The molecule has 0 spiro atoms. The van der Waals surface area contributed by atoms with E-state index in [4.69, 9.17) is 4.74 Å². The van der Waals surface area contributed by atoms with Gasteiger partial charge in [0, 0.05) is 12.5 Å². The van der Waals surface area contributed by atoms with Gasteiger partial charge in [-0.3, -0.25) is 4.90 Å². The highest BCUT2D eigenvalue weighted by atomic mass is 32.2. The summed E-state index contributed by atoms with van der Waals surface area (Å²) in [7, 11) is -3.14. The number of sulfonamides is 1. The van der Waals surface area contributed by atoms with Crippen molar-refractivity contribution >= 4 is 10.0 Å². The number of ether oxygens (including phenoxy) is 1. The van der Waals surface area contributed by atoms with Gasteiger partial charge >= 0.3 is 0 Å². The summed E-state index contributed by atoms with van der Waals surface area (Å²) in [5.41, 5.74) is 1.21. The number of hydrogen-bond donors (Lipinski definition) is 1. The maximum Gasteiger partial charge on any atom is 0.214 e. The Labute approximate surface area is 157 Å². The highest BCUT2D eigenvalue weighted by molar-refractivity contribution is 7.89. The van der Waals surface area contributed by atoms with Crippen LogP contribution >= 0.6 is 0 Å². The molecule has 1 saturated carbocycles. The minimum atomic E-state index is -3.14. The van der Waals surface area contributed by atoms with Crippen molar-refractivity contribution in [3.8, 4) is 5.75 Å². The Morgan fingerprint density at radius 3 is 2.38 bits per heavy atom. The molecule has 3 fully saturated rings. The Hall–Kier alpha value is -1.11. The smallest absolute Gasteiger partial charge is 0.214 e. The first-order valence-electron chi connectivity index (χ1n) is 10.1. The van der Waals surface area contributed by atoms with E-state index in [0.29, 0.717) is 12.6 Å². The Morgan fingerprint density at radius 2 is 1.65 bits per heavy atom. The lowest BCUT2D eigenvalue weighted by molar-refractivity contribution is 0.116. The number of benzene rings is 1. The maximum absolute atomic E-state index is 12.0. The summed E-state index contributed by atoms with van der Waals surface area (Å²) in [5.74, 6) is 1.37. The van der Waals surface area contributed by atoms with Gasteiger partial charge in [-0.25, -0.2) is 8.42 Å². The Balaban J connectivity index is 1.45. The van der Waals surface area contributed by atoms with Crippen molar-refractivity contribution in [2.45, 2.75) is 69.6 Å². The van der Waals surface area contributed by atoms with E-state index in [0.717, 1.165) is 38.0 Å². The number of fused-ring (bicyclic) bond motifs is 1. The molecular formula is C20H30N2O3S. The standard InChI is InChI=1S/C20H30N2O3S/c23-26(24)15-14-22-13-5-8-19(20(22)21-26)16-9-11-18(12-10-16)25-17-6-3-1-2-4-7-17/h9-12,17,19-21H,1-8,13-15H2. The van der Waals surface area contributed by atoms with E-state index in [1.165, 1.54) is 31.2 Å². The van der Waals surface area contributed by atoms with Gasteiger partial charge < -0.3 is 4.74 Å². The van der Waals surface area contributed by atoms with Crippen molar-refractivity contribution in [2.24, 2.45) is 0 Å². The molecule has 0 amide bonds. The van der Waals surface area contributed by atoms with Crippen LogP contribution in [0.2, 0.25) is 0 Å². The second kappa shape index (κ2) is 7.87. The van der Waals surface area contributed by atoms with Crippen molar-refractivity contribution in [2.75, 3.05) is 18.8 Å². The highest BCUT2D eigenvalue weighted by Gasteiger charge is 2.38. The summed E-state index contributed by atoms with van der Waals surface area (Å²) in [4.78, 5) is 2.28. The Kier molecular flexibility index (Phi) is 5.53. The van der Waals surface area contributed by atoms with E-state index in [9.17, 15) is 8.42 Å². The fourth-order valence-corrected chi connectivity index (χ4v) is 5.92. The fourth-order valence-electron chi connectivity index (χ4n) is 4.65. The van der Waals surface area contributed by atoms with E-state index in [2.05, 4.69) is 33.9 Å². The minimum Gasteiger partial charge on any atom is -0.490 e. The molecule has 0 radical (unpaired) electrons. The van der Waals surface area contributed by atoms with Crippen molar-refractivity contribution in [3.05, 3.63) is 29.8 Å². The SMILES string of the molecule is O=S1(=O)CCN2CCCC(c3ccc(OC4CCCCCC4)cc3)C2N1. The molecule has 4 rings (SSSR count). The highest BCUT2D eigenvalue weighted by Crippen LogP contribution is 2.34. The third kappa shape index (κ3) is 4.24. The predicted molar refractivity (Wildman–Crippen MR) is 103 cm³/mol. The molecule has 1 aromatic carbocycles. The van der Waals surface area contributed by atoms with Gasteiger partial charge in [0.2, 0.25) is 10.0 Å². The fraction of sp³-hybridized carbons (Fsp3) is 0.700. The van der Waals surface area contributed by atoms with Gasteiger partial charge in [-0.2, -0.15) is 4.72 Å². The van der Waals surface area contributed by atoms with Crippen LogP contribution in [0.3, 0.4) is 0 Å². The zero-order valence-corrected chi connectivity index (χ0v) is 16.2.